The van der Waals surface area contributed by atoms with Crippen molar-refractivity contribution in [1.82, 2.24) is 4.98 Å². The summed E-state index contributed by atoms with van der Waals surface area (Å²) in [6.07, 6.45) is 13.1. The minimum atomic E-state index is -0.337. The van der Waals surface area contributed by atoms with Gasteiger partial charge in [0.1, 0.15) is 6.26 Å². The van der Waals surface area contributed by atoms with Gasteiger partial charge in [0.15, 0.2) is 23.2 Å². The molecule has 240 valence electrons. The molecule has 1 aliphatic heterocycles. The van der Waals surface area contributed by atoms with Gasteiger partial charge in [0.2, 0.25) is 0 Å². The topological polar surface area (TPSA) is 95.8 Å². The number of Topliss-reactive ketones (excluding diaryl/α,β-unsaturated/α-hetero) is 2. The number of hydrogen-bond donors (Lipinski definition) is 1. The number of amides is 1. The van der Waals surface area contributed by atoms with Crippen molar-refractivity contribution in [3.8, 4) is 0 Å². The van der Waals surface area contributed by atoms with Crippen LogP contribution in [-0.2, 0) is 4.79 Å². The number of benzene rings is 2. The first-order valence-corrected chi connectivity index (χ1v) is 17.2. The standard InChI is InChI=1S/C38H44N4O4/c1-25-8-6-7-11-33(25)41-18-20-42(21-19-41)34-16-14-29(23-31(34)39-37(45)32-24-46-38(40-32)27-12-13-27)36(44)30-22-28(30)15-17-35(43)26-9-4-2-3-5-10-26/h6-9,11,14,16,23-24,27-28,30H,2-5,10,12-13,15,17-22H2,1H3,(H,39,45). The molecule has 2 saturated carbocycles. The quantitative estimate of drug-likeness (QED) is 0.222. The lowest BCUT2D eigenvalue weighted by Crippen LogP contribution is -2.47. The van der Waals surface area contributed by atoms with E-state index in [2.05, 4.69) is 57.4 Å². The molecule has 46 heavy (non-hydrogen) atoms. The molecule has 2 aromatic carbocycles. The van der Waals surface area contributed by atoms with Crippen LogP contribution < -0.4 is 15.1 Å². The predicted octanol–water partition coefficient (Wildman–Crippen LogP) is 7.50. The van der Waals surface area contributed by atoms with Gasteiger partial charge in [-0.2, -0.15) is 0 Å². The molecule has 7 rings (SSSR count). The summed E-state index contributed by atoms with van der Waals surface area (Å²) in [5, 5.41) is 3.08. The highest BCUT2D eigenvalue weighted by atomic mass is 16.3. The summed E-state index contributed by atoms with van der Waals surface area (Å²) in [4.78, 5) is 49.0. The van der Waals surface area contributed by atoms with Crippen molar-refractivity contribution in [1.29, 1.82) is 0 Å². The molecule has 8 heteroatoms. The molecule has 0 bridgehead atoms. The average molecular weight is 621 g/mol. The van der Waals surface area contributed by atoms with Crippen LogP contribution in [0.1, 0.15) is 102 Å². The highest BCUT2D eigenvalue weighted by Gasteiger charge is 2.43. The first-order chi connectivity index (χ1) is 22.4. The Balaban J connectivity index is 1.05. The van der Waals surface area contributed by atoms with Crippen LogP contribution in [0, 0.1) is 18.8 Å². The van der Waals surface area contributed by atoms with E-state index in [1.54, 1.807) is 0 Å². The van der Waals surface area contributed by atoms with E-state index in [9.17, 15) is 14.4 Å². The van der Waals surface area contributed by atoms with Gasteiger partial charge in [-0.3, -0.25) is 14.4 Å². The number of carbonyl (C=O) groups is 3. The monoisotopic (exact) mass is 620 g/mol. The number of aryl methyl sites for hydroxylation is 1. The lowest BCUT2D eigenvalue weighted by molar-refractivity contribution is -0.115. The summed E-state index contributed by atoms with van der Waals surface area (Å²) in [5.74, 6) is 1.12. The molecule has 0 spiro atoms. The molecule has 2 atom stereocenters. The van der Waals surface area contributed by atoms with Crippen LogP contribution in [0.2, 0.25) is 0 Å². The Morgan fingerprint density at radius 1 is 0.957 bits per heavy atom. The zero-order chi connectivity index (χ0) is 31.6. The Morgan fingerprint density at radius 3 is 2.52 bits per heavy atom. The van der Waals surface area contributed by atoms with Gasteiger partial charge in [0.25, 0.3) is 5.91 Å². The molecular formula is C38H44N4O4. The highest BCUT2D eigenvalue weighted by Crippen LogP contribution is 2.45. The Bertz CT molecular complexity index is 1650. The fraction of sp³-hybridized carbons (Fsp3) is 0.474. The molecule has 0 radical (unpaired) electrons. The number of allylic oxidation sites excluding steroid dienone is 2. The minimum absolute atomic E-state index is 0.0698. The molecular weight excluding hydrogens is 576 g/mol. The lowest BCUT2D eigenvalue weighted by atomic mass is 9.99. The van der Waals surface area contributed by atoms with Crippen molar-refractivity contribution >= 4 is 34.5 Å². The molecule has 3 fully saturated rings. The van der Waals surface area contributed by atoms with Crippen LogP contribution in [0.4, 0.5) is 17.1 Å². The number of carbonyl (C=O) groups excluding carboxylic acids is 3. The highest BCUT2D eigenvalue weighted by molar-refractivity contribution is 6.07. The number of rotatable bonds is 11. The van der Waals surface area contributed by atoms with Crippen molar-refractivity contribution in [3.05, 3.63) is 83.1 Å². The first kappa shape index (κ1) is 30.5. The maximum Gasteiger partial charge on any atom is 0.277 e. The number of piperazine rings is 1. The zero-order valence-electron chi connectivity index (χ0n) is 26.8. The van der Waals surface area contributed by atoms with Gasteiger partial charge in [0.05, 0.1) is 11.4 Å². The van der Waals surface area contributed by atoms with Crippen LogP contribution in [0.5, 0.6) is 0 Å². The minimum Gasteiger partial charge on any atom is -0.448 e. The van der Waals surface area contributed by atoms with E-state index in [0.29, 0.717) is 29.5 Å². The van der Waals surface area contributed by atoms with Crippen molar-refractivity contribution in [3.63, 3.8) is 0 Å². The molecule has 3 aliphatic carbocycles. The maximum atomic E-state index is 13.7. The van der Waals surface area contributed by atoms with Crippen LogP contribution in [0.25, 0.3) is 0 Å². The summed E-state index contributed by atoms with van der Waals surface area (Å²) in [6, 6.07) is 14.2. The SMILES string of the molecule is Cc1ccccc1N1CCN(c2ccc(C(=O)C3CC3CCC(=O)C3=CCCCCC3)cc2NC(=O)c2coc(C3CC3)n2)CC1. The van der Waals surface area contributed by atoms with E-state index in [-0.39, 0.29) is 35.0 Å². The fourth-order valence-electron chi connectivity index (χ4n) is 7.11. The first-order valence-electron chi connectivity index (χ1n) is 17.2. The number of nitrogens with zero attached hydrogens (tertiary/aromatic N) is 3. The molecule has 1 aromatic heterocycles. The van der Waals surface area contributed by atoms with E-state index in [1.165, 1.54) is 30.4 Å². The molecule has 1 N–H and O–H groups in total. The second-order valence-electron chi connectivity index (χ2n) is 13.5. The summed E-state index contributed by atoms with van der Waals surface area (Å²) < 4.78 is 5.59. The molecule has 4 aliphatic rings. The molecule has 3 aromatic rings. The number of oxazole rings is 1. The fourth-order valence-corrected chi connectivity index (χ4v) is 7.11. The summed E-state index contributed by atoms with van der Waals surface area (Å²) in [5.41, 5.74) is 5.87. The normalized spacial score (nSPS) is 21.4. The average Bonchev–Trinajstić information content (AvgIpc) is 4.01. The van der Waals surface area contributed by atoms with E-state index in [4.69, 9.17) is 4.42 Å². The van der Waals surface area contributed by atoms with Gasteiger partial charge in [-0.15, -0.1) is 0 Å². The van der Waals surface area contributed by atoms with Crippen molar-refractivity contribution in [2.75, 3.05) is 41.3 Å². The van der Waals surface area contributed by atoms with Gasteiger partial charge >= 0.3 is 0 Å². The number of anilines is 3. The van der Waals surface area contributed by atoms with Crippen molar-refractivity contribution in [2.24, 2.45) is 11.8 Å². The third kappa shape index (κ3) is 6.81. The number of hydrogen-bond acceptors (Lipinski definition) is 7. The van der Waals surface area contributed by atoms with Crippen LogP contribution in [-0.4, -0.2) is 48.6 Å². The van der Waals surface area contributed by atoms with E-state index >= 15 is 0 Å². The van der Waals surface area contributed by atoms with E-state index < -0.39 is 0 Å². The van der Waals surface area contributed by atoms with Gasteiger partial charge in [-0.05, 0) is 99.6 Å². The number of ketones is 2. The van der Waals surface area contributed by atoms with E-state index in [0.717, 1.165) is 82.4 Å². The number of nitrogens with one attached hydrogen (secondary N) is 1. The summed E-state index contributed by atoms with van der Waals surface area (Å²) >= 11 is 0. The number of aromatic nitrogens is 1. The van der Waals surface area contributed by atoms with Gasteiger partial charge in [-0.1, -0.05) is 30.7 Å². The van der Waals surface area contributed by atoms with Crippen molar-refractivity contribution in [2.45, 2.75) is 77.0 Å². The van der Waals surface area contributed by atoms with Crippen LogP contribution >= 0.6 is 0 Å². The van der Waals surface area contributed by atoms with Crippen LogP contribution in [0.15, 0.2) is 64.8 Å². The Kier molecular flexibility index (Phi) is 8.78. The second kappa shape index (κ2) is 13.3. The molecule has 8 nitrogen and oxygen atoms in total. The van der Waals surface area contributed by atoms with Gasteiger partial charge in [0, 0.05) is 55.7 Å². The molecule has 2 unspecified atom stereocenters. The second-order valence-corrected chi connectivity index (χ2v) is 13.5. The smallest absolute Gasteiger partial charge is 0.277 e. The zero-order valence-corrected chi connectivity index (χ0v) is 26.8. The predicted molar refractivity (Wildman–Crippen MR) is 180 cm³/mol. The van der Waals surface area contributed by atoms with Gasteiger partial charge in [-0.25, -0.2) is 4.98 Å². The molecule has 2 heterocycles. The van der Waals surface area contributed by atoms with Gasteiger partial charge < -0.3 is 19.5 Å². The lowest BCUT2D eigenvalue weighted by Gasteiger charge is -2.38. The summed E-state index contributed by atoms with van der Waals surface area (Å²) in [6.45, 7) is 5.42. The number of para-hydroxylation sites is 1. The summed E-state index contributed by atoms with van der Waals surface area (Å²) in [7, 11) is 0. The van der Waals surface area contributed by atoms with E-state index in [1.807, 2.05) is 18.2 Å². The third-order valence-corrected chi connectivity index (χ3v) is 10.2. The Labute approximate surface area is 271 Å². The van der Waals surface area contributed by atoms with Crippen LogP contribution in [0.3, 0.4) is 0 Å². The Morgan fingerprint density at radius 2 is 1.74 bits per heavy atom. The van der Waals surface area contributed by atoms with Crippen molar-refractivity contribution < 1.29 is 18.8 Å². The molecule has 1 amide bonds. The Hall–Kier alpha value is -4.20. The largest absolute Gasteiger partial charge is 0.448 e. The molecule has 1 saturated heterocycles. The maximum absolute atomic E-state index is 13.7. The third-order valence-electron chi connectivity index (χ3n) is 10.2.